The van der Waals surface area contributed by atoms with Crippen molar-refractivity contribution in [3.05, 3.63) is 59.4 Å². The molecule has 0 aromatic carbocycles. The highest BCUT2D eigenvalue weighted by Crippen LogP contribution is 2.15. The average molecular weight is 345 g/mol. The lowest BCUT2D eigenvalue weighted by atomic mass is 10.2. The summed E-state index contributed by atoms with van der Waals surface area (Å²) >= 11 is 6.00. The van der Waals surface area contributed by atoms with Crippen molar-refractivity contribution >= 4 is 23.2 Å². The van der Waals surface area contributed by atoms with E-state index in [1.54, 1.807) is 12.1 Å². The van der Waals surface area contributed by atoms with Crippen LogP contribution in [-0.2, 0) is 6.54 Å². The van der Waals surface area contributed by atoms with E-state index in [4.69, 9.17) is 16.0 Å². The first-order chi connectivity index (χ1) is 11.7. The smallest absolute Gasteiger partial charge is 0.289 e. The summed E-state index contributed by atoms with van der Waals surface area (Å²) in [6.07, 6.45) is 5.38. The van der Waals surface area contributed by atoms with Crippen molar-refractivity contribution in [1.82, 2.24) is 19.2 Å². The number of nitrogens with zero attached hydrogens (tertiary/aromatic N) is 4. The number of piperazine rings is 1. The third-order valence-electron chi connectivity index (χ3n) is 4.24. The molecule has 1 fully saturated rings. The van der Waals surface area contributed by atoms with Crippen LogP contribution < -0.4 is 0 Å². The summed E-state index contributed by atoms with van der Waals surface area (Å²) < 4.78 is 7.12. The van der Waals surface area contributed by atoms with Gasteiger partial charge in [-0.3, -0.25) is 9.69 Å². The Kier molecular flexibility index (Phi) is 4.00. The first-order valence-corrected chi connectivity index (χ1v) is 8.25. The van der Waals surface area contributed by atoms with Crippen LogP contribution in [0, 0.1) is 0 Å². The molecule has 1 saturated heterocycles. The molecule has 0 unspecified atom stereocenters. The third kappa shape index (κ3) is 3.02. The van der Waals surface area contributed by atoms with E-state index in [9.17, 15) is 4.79 Å². The number of hydrogen-bond donors (Lipinski definition) is 0. The fraction of sp³-hybridized carbons (Fsp3) is 0.294. The molecule has 0 radical (unpaired) electrons. The van der Waals surface area contributed by atoms with Crippen molar-refractivity contribution < 1.29 is 9.21 Å². The maximum absolute atomic E-state index is 12.3. The number of amides is 1. The molecular weight excluding hydrogens is 328 g/mol. The molecule has 0 spiro atoms. The van der Waals surface area contributed by atoms with E-state index in [-0.39, 0.29) is 5.91 Å². The Labute approximate surface area is 144 Å². The quantitative estimate of drug-likeness (QED) is 0.732. The Morgan fingerprint density at radius 1 is 1.17 bits per heavy atom. The number of halogens is 1. The maximum atomic E-state index is 12.3. The minimum atomic E-state index is -0.0398. The molecule has 4 rings (SSSR count). The standard InChI is InChI=1S/C17H17ClN4O2/c18-13-3-4-16-19-14(12-22(16)10-13)11-20-5-7-21(8-6-20)17(23)15-2-1-9-24-15/h1-4,9-10,12H,5-8,11H2. The van der Waals surface area contributed by atoms with Gasteiger partial charge in [-0.2, -0.15) is 0 Å². The Hall–Kier alpha value is -2.31. The van der Waals surface area contributed by atoms with Crippen molar-refractivity contribution in [2.24, 2.45) is 0 Å². The molecule has 1 amide bonds. The molecular formula is C17H17ClN4O2. The molecule has 1 aliphatic rings. The second-order valence-electron chi connectivity index (χ2n) is 5.89. The van der Waals surface area contributed by atoms with Crippen LogP contribution in [0.5, 0.6) is 0 Å². The SMILES string of the molecule is O=C(c1ccco1)N1CCN(Cc2cn3cc(Cl)ccc3n2)CC1. The van der Waals surface area contributed by atoms with Gasteiger partial charge >= 0.3 is 0 Å². The zero-order valence-electron chi connectivity index (χ0n) is 13.1. The van der Waals surface area contributed by atoms with Gasteiger partial charge in [0.25, 0.3) is 5.91 Å². The highest BCUT2D eigenvalue weighted by Gasteiger charge is 2.24. The minimum Gasteiger partial charge on any atom is -0.459 e. The predicted octanol–water partition coefficient (Wildman–Crippen LogP) is 2.54. The first-order valence-electron chi connectivity index (χ1n) is 7.87. The molecule has 3 aromatic rings. The number of rotatable bonds is 3. The lowest BCUT2D eigenvalue weighted by Gasteiger charge is -2.33. The number of imidazole rings is 1. The predicted molar refractivity (Wildman–Crippen MR) is 90.1 cm³/mol. The summed E-state index contributed by atoms with van der Waals surface area (Å²) in [5.74, 6) is 0.364. The van der Waals surface area contributed by atoms with Crippen LogP contribution in [-0.4, -0.2) is 51.3 Å². The van der Waals surface area contributed by atoms with Crippen molar-refractivity contribution in [2.45, 2.75) is 6.54 Å². The van der Waals surface area contributed by atoms with Gasteiger partial charge in [0.05, 0.1) is 17.0 Å². The second-order valence-corrected chi connectivity index (χ2v) is 6.33. The second kappa shape index (κ2) is 6.30. The molecule has 3 aromatic heterocycles. The Bertz CT molecular complexity index is 851. The van der Waals surface area contributed by atoms with E-state index >= 15 is 0 Å². The zero-order chi connectivity index (χ0) is 16.5. The van der Waals surface area contributed by atoms with Gasteiger partial charge in [-0.1, -0.05) is 11.6 Å². The summed E-state index contributed by atoms with van der Waals surface area (Å²) in [7, 11) is 0. The summed E-state index contributed by atoms with van der Waals surface area (Å²) in [6.45, 7) is 3.79. The van der Waals surface area contributed by atoms with Gasteiger partial charge in [0.1, 0.15) is 5.65 Å². The fourth-order valence-electron chi connectivity index (χ4n) is 2.99. The molecule has 0 N–H and O–H groups in total. The van der Waals surface area contributed by atoms with Crippen molar-refractivity contribution in [1.29, 1.82) is 0 Å². The van der Waals surface area contributed by atoms with Gasteiger partial charge in [-0.15, -0.1) is 0 Å². The molecule has 0 aliphatic carbocycles. The van der Waals surface area contributed by atoms with Crippen LogP contribution in [0.15, 0.2) is 47.3 Å². The molecule has 4 heterocycles. The van der Waals surface area contributed by atoms with Crippen molar-refractivity contribution in [3.63, 3.8) is 0 Å². The summed E-state index contributed by atoms with van der Waals surface area (Å²) in [5, 5.41) is 0.691. The molecule has 7 heteroatoms. The number of aromatic nitrogens is 2. The molecule has 0 bridgehead atoms. The Morgan fingerprint density at radius 2 is 2.00 bits per heavy atom. The number of hydrogen-bond acceptors (Lipinski definition) is 4. The van der Waals surface area contributed by atoms with Crippen molar-refractivity contribution in [2.75, 3.05) is 26.2 Å². The lowest BCUT2D eigenvalue weighted by molar-refractivity contribution is 0.0596. The minimum absolute atomic E-state index is 0.0398. The highest BCUT2D eigenvalue weighted by molar-refractivity contribution is 6.30. The zero-order valence-corrected chi connectivity index (χ0v) is 13.8. The highest BCUT2D eigenvalue weighted by atomic mass is 35.5. The van der Waals surface area contributed by atoms with E-state index in [0.717, 1.165) is 31.0 Å². The molecule has 24 heavy (non-hydrogen) atoms. The fourth-order valence-corrected chi connectivity index (χ4v) is 3.16. The average Bonchev–Trinajstić information content (AvgIpc) is 3.23. The monoisotopic (exact) mass is 344 g/mol. The normalized spacial score (nSPS) is 16.0. The van der Waals surface area contributed by atoms with E-state index in [0.29, 0.717) is 23.9 Å². The van der Waals surface area contributed by atoms with E-state index in [2.05, 4.69) is 9.88 Å². The van der Waals surface area contributed by atoms with Crippen LogP contribution in [0.4, 0.5) is 0 Å². The molecule has 1 aliphatic heterocycles. The van der Waals surface area contributed by atoms with Gasteiger partial charge in [0.15, 0.2) is 5.76 Å². The van der Waals surface area contributed by atoms with Crippen LogP contribution in [0.25, 0.3) is 5.65 Å². The lowest BCUT2D eigenvalue weighted by Crippen LogP contribution is -2.48. The van der Waals surface area contributed by atoms with Crippen LogP contribution in [0.2, 0.25) is 5.02 Å². The van der Waals surface area contributed by atoms with Gasteiger partial charge in [-0.05, 0) is 24.3 Å². The maximum Gasteiger partial charge on any atom is 0.289 e. The third-order valence-corrected chi connectivity index (χ3v) is 4.47. The van der Waals surface area contributed by atoms with Gasteiger partial charge in [0, 0.05) is 45.1 Å². The number of furan rings is 1. The summed E-state index contributed by atoms with van der Waals surface area (Å²) in [4.78, 5) is 21.0. The Morgan fingerprint density at radius 3 is 2.75 bits per heavy atom. The molecule has 0 saturated carbocycles. The Balaban J connectivity index is 1.38. The van der Waals surface area contributed by atoms with E-state index in [1.807, 2.05) is 33.8 Å². The number of carbonyl (C=O) groups is 1. The summed E-state index contributed by atoms with van der Waals surface area (Å²) in [6, 6.07) is 7.19. The largest absolute Gasteiger partial charge is 0.459 e. The number of carbonyl (C=O) groups excluding carboxylic acids is 1. The van der Waals surface area contributed by atoms with E-state index in [1.165, 1.54) is 6.26 Å². The van der Waals surface area contributed by atoms with Gasteiger partial charge in [-0.25, -0.2) is 4.98 Å². The number of pyridine rings is 1. The first kappa shape index (κ1) is 15.2. The van der Waals surface area contributed by atoms with Gasteiger partial charge in [0.2, 0.25) is 0 Å². The summed E-state index contributed by atoms with van der Waals surface area (Å²) in [5.41, 5.74) is 1.89. The van der Waals surface area contributed by atoms with Gasteiger partial charge < -0.3 is 13.7 Å². The van der Waals surface area contributed by atoms with Crippen molar-refractivity contribution in [3.8, 4) is 0 Å². The van der Waals surface area contributed by atoms with Crippen LogP contribution >= 0.6 is 11.6 Å². The number of fused-ring (bicyclic) bond motifs is 1. The topological polar surface area (TPSA) is 54.0 Å². The van der Waals surface area contributed by atoms with Crippen LogP contribution in [0.1, 0.15) is 16.2 Å². The van der Waals surface area contributed by atoms with E-state index < -0.39 is 0 Å². The van der Waals surface area contributed by atoms with Crippen LogP contribution in [0.3, 0.4) is 0 Å². The molecule has 6 nitrogen and oxygen atoms in total. The molecule has 0 atom stereocenters. The molecule has 124 valence electrons.